The average Bonchev–Trinajstić information content (AvgIpc) is 3.43. The summed E-state index contributed by atoms with van der Waals surface area (Å²) in [4.78, 5) is 40.7. The van der Waals surface area contributed by atoms with Gasteiger partial charge in [-0.2, -0.15) is 0 Å². The van der Waals surface area contributed by atoms with Gasteiger partial charge in [-0.3, -0.25) is 14.4 Å². The van der Waals surface area contributed by atoms with Gasteiger partial charge in [-0.15, -0.1) is 0 Å². The zero-order valence-corrected chi connectivity index (χ0v) is 18.0. The zero-order valence-electron chi connectivity index (χ0n) is 18.0. The van der Waals surface area contributed by atoms with Crippen LogP contribution in [0.15, 0.2) is 45.8 Å². The Kier molecular flexibility index (Phi) is 6.57. The Morgan fingerprint density at radius 1 is 1.16 bits per heavy atom. The van der Waals surface area contributed by atoms with Gasteiger partial charge < -0.3 is 29.6 Å². The Bertz CT molecular complexity index is 1120. The fourth-order valence-corrected chi connectivity index (χ4v) is 2.78. The number of nitrogens with one attached hydrogen (secondary N) is 3. The number of nitrogens with zero attached hydrogens (tertiary/aromatic N) is 2. The van der Waals surface area contributed by atoms with Crippen LogP contribution in [0, 0.1) is 6.92 Å². The molecule has 0 aliphatic rings. The predicted octanol–water partition coefficient (Wildman–Crippen LogP) is 1.91. The molecule has 32 heavy (non-hydrogen) atoms. The number of hydrogen-bond acceptors (Lipinski definition) is 8. The molecule has 0 saturated heterocycles. The van der Waals surface area contributed by atoms with Crippen molar-refractivity contribution in [1.82, 2.24) is 20.8 Å². The highest BCUT2D eigenvalue weighted by Crippen LogP contribution is 2.32. The Balaban J connectivity index is 1.58. The van der Waals surface area contributed by atoms with E-state index in [1.54, 1.807) is 39.0 Å². The van der Waals surface area contributed by atoms with Crippen LogP contribution >= 0.6 is 0 Å². The summed E-state index contributed by atoms with van der Waals surface area (Å²) < 4.78 is 15.5. The number of aromatic nitrogens is 2. The molecule has 3 rings (SSSR count). The number of benzene rings is 1. The number of carbonyl (C=O) groups is 3. The van der Waals surface area contributed by atoms with Crippen molar-refractivity contribution in [3.8, 4) is 17.1 Å². The zero-order chi connectivity index (χ0) is 23.3. The summed E-state index contributed by atoms with van der Waals surface area (Å²) in [7, 11) is 1.48. The smallest absolute Gasteiger partial charge is 0.313 e. The van der Waals surface area contributed by atoms with Gasteiger partial charge in [-0.05, 0) is 32.9 Å². The summed E-state index contributed by atoms with van der Waals surface area (Å²) >= 11 is 0. The minimum Gasteiger partial charge on any atom is -0.496 e. The second-order valence-electron chi connectivity index (χ2n) is 7.58. The minimum atomic E-state index is -0.906. The molecular weight excluding hydrogens is 418 g/mol. The predicted molar refractivity (Wildman–Crippen MR) is 113 cm³/mol. The maximum absolute atomic E-state index is 12.4. The molecular formula is C21H23N5O6. The molecule has 3 amide bonds. The lowest BCUT2D eigenvalue weighted by atomic mass is 10.1. The molecule has 11 nitrogen and oxygen atoms in total. The van der Waals surface area contributed by atoms with E-state index < -0.39 is 23.3 Å². The first kappa shape index (κ1) is 22.5. The van der Waals surface area contributed by atoms with Gasteiger partial charge in [-0.1, -0.05) is 5.16 Å². The van der Waals surface area contributed by atoms with Crippen LogP contribution in [0.3, 0.4) is 0 Å². The molecule has 3 aromatic rings. The summed E-state index contributed by atoms with van der Waals surface area (Å²) in [5, 5.41) is 11.4. The number of hydrogen-bond donors (Lipinski definition) is 3. The summed E-state index contributed by atoms with van der Waals surface area (Å²) in [5.74, 6) is -0.739. The van der Waals surface area contributed by atoms with E-state index in [1.165, 1.54) is 25.8 Å². The molecule has 0 atom stereocenters. The third kappa shape index (κ3) is 5.50. The van der Waals surface area contributed by atoms with Crippen molar-refractivity contribution in [2.45, 2.75) is 26.3 Å². The molecule has 11 heteroatoms. The van der Waals surface area contributed by atoms with Gasteiger partial charge in [0.2, 0.25) is 0 Å². The highest BCUT2D eigenvalue weighted by molar-refractivity contribution is 6.39. The number of aryl methyl sites for hydroxylation is 1. The highest BCUT2D eigenvalue weighted by Gasteiger charge is 2.26. The SMILES string of the molecule is COc1cc(NC(=O)C(=O)NC(C)(C)CNC(=O)c2cc(C)on2)ccc1-c1cnco1. The largest absolute Gasteiger partial charge is 0.496 e. The van der Waals surface area contributed by atoms with E-state index in [0.717, 1.165) is 0 Å². The van der Waals surface area contributed by atoms with E-state index in [2.05, 4.69) is 26.1 Å². The Morgan fingerprint density at radius 2 is 1.94 bits per heavy atom. The summed E-state index contributed by atoms with van der Waals surface area (Å²) in [6.45, 7) is 5.07. The van der Waals surface area contributed by atoms with E-state index >= 15 is 0 Å². The van der Waals surface area contributed by atoms with E-state index in [4.69, 9.17) is 13.7 Å². The number of oxazole rings is 1. The molecule has 0 spiro atoms. The molecule has 0 bridgehead atoms. The summed E-state index contributed by atoms with van der Waals surface area (Å²) in [5.41, 5.74) is 0.228. The van der Waals surface area contributed by atoms with Gasteiger partial charge in [0.15, 0.2) is 17.8 Å². The molecule has 0 saturated carbocycles. The van der Waals surface area contributed by atoms with Crippen molar-refractivity contribution >= 4 is 23.4 Å². The average molecular weight is 441 g/mol. The second kappa shape index (κ2) is 9.33. The number of anilines is 1. The Morgan fingerprint density at radius 3 is 2.56 bits per heavy atom. The van der Waals surface area contributed by atoms with Crippen LogP contribution in [0.5, 0.6) is 5.75 Å². The van der Waals surface area contributed by atoms with Crippen LogP contribution in [0.4, 0.5) is 5.69 Å². The molecule has 2 heterocycles. The molecule has 1 aromatic carbocycles. The van der Waals surface area contributed by atoms with Crippen LogP contribution in [-0.4, -0.2) is 47.1 Å². The first-order valence-electron chi connectivity index (χ1n) is 9.60. The number of methoxy groups -OCH3 is 1. The lowest BCUT2D eigenvalue weighted by molar-refractivity contribution is -0.137. The van der Waals surface area contributed by atoms with Gasteiger partial charge in [-0.25, -0.2) is 4.98 Å². The number of ether oxygens (including phenoxy) is 1. The molecule has 0 aliphatic carbocycles. The lowest BCUT2D eigenvalue weighted by Gasteiger charge is -2.26. The summed E-state index contributed by atoms with van der Waals surface area (Å²) in [6.07, 6.45) is 2.83. The Labute approximate surface area is 183 Å². The Hall–Kier alpha value is -4.15. The van der Waals surface area contributed by atoms with E-state index in [0.29, 0.717) is 28.5 Å². The van der Waals surface area contributed by atoms with Crippen LogP contribution in [-0.2, 0) is 9.59 Å². The van der Waals surface area contributed by atoms with Crippen molar-refractivity contribution in [3.63, 3.8) is 0 Å². The first-order chi connectivity index (χ1) is 15.2. The van der Waals surface area contributed by atoms with Gasteiger partial charge in [0, 0.05) is 24.4 Å². The monoisotopic (exact) mass is 441 g/mol. The maximum Gasteiger partial charge on any atom is 0.313 e. The van der Waals surface area contributed by atoms with Gasteiger partial charge in [0.25, 0.3) is 5.91 Å². The summed E-state index contributed by atoms with van der Waals surface area (Å²) in [6, 6.07) is 6.35. The molecule has 0 unspecified atom stereocenters. The van der Waals surface area contributed by atoms with E-state index in [1.807, 2.05) is 0 Å². The quantitative estimate of drug-likeness (QED) is 0.471. The standard InChI is InChI=1S/C21H23N5O6/c1-12-7-15(26-32-12)18(27)23-10-21(2,3)25-20(29)19(28)24-13-5-6-14(16(8-13)30-4)17-9-22-11-31-17/h5-9,11H,10H2,1-4H3,(H,23,27)(H,24,28)(H,25,29). The van der Waals surface area contributed by atoms with E-state index in [-0.39, 0.29) is 12.2 Å². The van der Waals surface area contributed by atoms with E-state index in [9.17, 15) is 14.4 Å². The fraction of sp³-hybridized carbons (Fsp3) is 0.286. The van der Waals surface area contributed by atoms with Crippen molar-refractivity contribution in [2.75, 3.05) is 19.0 Å². The van der Waals surface area contributed by atoms with Crippen molar-refractivity contribution in [3.05, 3.63) is 48.3 Å². The van der Waals surface area contributed by atoms with Crippen LogP contribution in [0.1, 0.15) is 30.1 Å². The second-order valence-corrected chi connectivity index (χ2v) is 7.58. The van der Waals surface area contributed by atoms with Crippen LogP contribution in [0.2, 0.25) is 0 Å². The lowest BCUT2D eigenvalue weighted by Crippen LogP contribution is -2.54. The van der Waals surface area contributed by atoms with Crippen molar-refractivity contribution in [1.29, 1.82) is 0 Å². The molecule has 3 N–H and O–H groups in total. The van der Waals surface area contributed by atoms with Crippen LogP contribution < -0.4 is 20.7 Å². The maximum atomic E-state index is 12.4. The van der Waals surface area contributed by atoms with Gasteiger partial charge in [0.1, 0.15) is 11.5 Å². The normalized spacial score (nSPS) is 11.0. The van der Waals surface area contributed by atoms with Crippen molar-refractivity contribution in [2.24, 2.45) is 0 Å². The van der Waals surface area contributed by atoms with Crippen molar-refractivity contribution < 1.29 is 28.1 Å². The number of rotatable bonds is 7. The minimum absolute atomic E-state index is 0.0659. The molecule has 168 valence electrons. The first-order valence-corrected chi connectivity index (χ1v) is 9.60. The molecule has 0 aliphatic heterocycles. The third-order valence-electron chi connectivity index (χ3n) is 4.37. The molecule has 0 fully saturated rings. The molecule has 0 radical (unpaired) electrons. The topological polar surface area (TPSA) is 149 Å². The third-order valence-corrected chi connectivity index (χ3v) is 4.37. The fourth-order valence-electron chi connectivity index (χ4n) is 2.78. The van der Waals surface area contributed by atoms with Crippen LogP contribution in [0.25, 0.3) is 11.3 Å². The number of amides is 3. The number of carbonyl (C=O) groups excluding carboxylic acids is 3. The molecule has 2 aromatic heterocycles. The highest BCUT2D eigenvalue weighted by atomic mass is 16.5. The van der Waals surface area contributed by atoms with Gasteiger partial charge in [0.05, 0.1) is 24.4 Å². The van der Waals surface area contributed by atoms with Gasteiger partial charge >= 0.3 is 11.8 Å².